The molecule has 2 aromatic rings. The van der Waals surface area contributed by atoms with Crippen LogP contribution in [0.15, 0.2) is 18.3 Å². The van der Waals surface area contributed by atoms with Crippen molar-refractivity contribution in [1.29, 1.82) is 0 Å². The first kappa shape index (κ1) is 13.0. The van der Waals surface area contributed by atoms with Crippen LogP contribution in [0.3, 0.4) is 0 Å². The summed E-state index contributed by atoms with van der Waals surface area (Å²) in [6, 6.07) is 2.46. The predicted octanol–water partition coefficient (Wildman–Crippen LogP) is 3.70. The third-order valence-electron chi connectivity index (χ3n) is 2.23. The van der Waals surface area contributed by atoms with Crippen LogP contribution in [0.2, 0.25) is 4.47 Å². The van der Waals surface area contributed by atoms with E-state index in [1.54, 1.807) is 6.20 Å². The molecule has 0 amide bonds. The Morgan fingerprint density at radius 3 is 2.83 bits per heavy atom. The lowest BCUT2D eigenvalue weighted by molar-refractivity contribution is 0.373. The second-order valence-corrected chi connectivity index (χ2v) is 5.07. The van der Waals surface area contributed by atoms with E-state index in [1.165, 1.54) is 24.5 Å². The molecule has 0 saturated heterocycles. The van der Waals surface area contributed by atoms with Crippen LogP contribution in [0.1, 0.15) is 4.88 Å². The van der Waals surface area contributed by atoms with Crippen LogP contribution in [-0.4, -0.2) is 12.1 Å². The molecule has 96 valence electrons. The Labute approximate surface area is 111 Å². The van der Waals surface area contributed by atoms with Gasteiger partial charge in [0.2, 0.25) is 5.82 Å². The van der Waals surface area contributed by atoms with Crippen molar-refractivity contribution in [2.75, 3.05) is 12.4 Å². The van der Waals surface area contributed by atoms with Gasteiger partial charge in [-0.25, -0.2) is 9.37 Å². The molecule has 0 radical (unpaired) electrons. The van der Waals surface area contributed by atoms with E-state index in [2.05, 4.69) is 10.3 Å². The number of nitrogens with zero attached hydrogens (tertiary/aromatic N) is 1. The summed E-state index contributed by atoms with van der Waals surface area (Å²) in [5.41, 5.74) is 0.376. The van der Waals surface area contributed by atoms with E-state index < -0.39 is 11.6 Å². The Kier molecular flexibility index (Phi) is 3.98. The van der Waals surface area contributed by atoms with Crippen molar-refractivity contribution in [2.24, 2.45) is 0 Å². The smallest absolute Gasteiger partial charge is 0.202 e. The number of hydrogen-bond donors (Lipinski definition) is 1. The van der Waals surface area contributed by atoms with Crippen molar-refractivity contribution in [2.45, 2.75) is 6.54 Å². The molecule has 1 N–H and O–H groups in total. The van der Waals surface area contributed by atoms with Gasteiger partial charge in [-0.3, -0.25) is 0 Å². The van der Waals surface area contributed by atoms with E-state index in [1.807, 2.05) is 0 Å². The average molecular weight is 291 g/mol. The second kappa shape index (κ2) is 5.49. The Bertz CT molecular complexity index is 562. The van der Waals surface area contributed by atoms with Crippen LogP contribution >= 0.6 is 22.9 Å². The number of nitrogens with one attached hydrogen (secondary N) is 1. The molecule has 2 rings (SSSR count). The molecule has 0 aliphatic heterocycles. The number of aromatic nitrogens is 1. The number of anilines is 1. The molecule has 0 spiro atoms. The summed E-state index contributed by atoms with van der Waals surface area (Å²) in [6.07, 6.45) is 1.62. The molecule has 0 atom stereocenters. The lowest BCUT2D eigenvalue weighted by Gasteiger charge is -2.11. The van der Waals surface area contributed by atoms with Crippen LogP contribution in [-0.2, 0) is 6.54 Å². The van der Waals surface area contributed by atoms with E-state index in [0.717, 1.165) is 10.9 Å². The largest absolute Gasteiger partial charge is 0.491 e. The van der Waals surface area contributed by atoms with Gasteiger partial charge in [-0.2, -0.15) is 4.39 Å². The zero-order valence-electron chi connectivity index (χ0n) is 9.34. The Hall–Kier alpha value is -1.40. The molecule has 0 aliphatic carbocycles. The van der Waals surface area contributed by atoms with Crippen LogP contribution in [0, 0.1) is 11.6 Å². The lowest BCUT2D eigenvalue weighted by atomic mass is 10.2. The monoisotopic (exact) mass is 290 g/mol. The fourth-order valence-corrected chi connectivity index (χ4v) is 2.34. The maximum absolute atomic E-state index is 13.4. The highest BCUT2D eigenvalue weighted by Gasteiger charge is 2.14. The quantitative estimate of drug-likeness (QED) is 0.932. The summed E-state index contributed by atoms with van der Waals surface area (Å²) >= 11 is 7.00. The van der Waals surface area contributed by atoms with Gasteiger partial charge in [-0.05, 0) is 12.1 Å². The molecule has 1 aromatic heterocycles. The van der Waals surface area contributed by atoms with Crippen molar-refractivity contribution in [3.05, 3.63) is 39.3 Å². The molecule has 0 unspecified atom stereocenters. The SMILES string of the molecule is COc1c(NCc2cnc(Cl)s2)ccc(F)c1F. The Morgan fingerprint density at radius 2 is 2.22 bits per heavy atom. The minimum Gasteiger partial charge on any atom is -0.491 e. The molecule has 3 nitrogen and oxygen atoms in total. The summed E-state index contributed by atoms with van der Waals surface area (Å²) in [7, 11) is 1.28. The fourth-order valence-electron chi connectivity index (χ4n) is 1.42. The third-order valence-corrected chi connectivity index (χ3v) is 3.35. The van der Waals surface area contributed by atoms with Crippen molar-refractivity contribution >= 4 is 28.6 Å². The van der Waals surface area contributed by atoms with Gasteiger partial charge in [0.25, 0.3) is 0 Å². The van der Waals surface area contributed by atoms with Gasteiger partial charge in [0.05, 0.1) is 19.3 Å². The van der Waals surface area contributed by atoms with Gasteiger partial charge in [0.1, 0.15) is 0 Å². The standard InChI is InChI=1S/C11H9ClF2N2OS/c1-17-10-8(3-2-7(13)9(10)14)15-4-6-5-16-11(12)18-6/h2-3,5,15H,4H2,1H3. The highest BCUT2D eigenvalue weighted by atomic mass is 35.5. The number of halogens is 3. The number of rotatable bonds is 4. The maximum Gasteiger partial charge on any atom is 0.202 e. The normalized spacial score (nSPS) is 10.4. The highest BCUT2D eigenvalue weighted by molar-refractivity contribution is 7.15. The summed E-state index contributed by atoms with van der Waals surface area (Å²) < 4.78 is 31.7. The Balaban J connectivity index is 2.16. The van der Waals surface area contributed by atoms with Crippen LogP contribution in [0.25, 0.3) is 0 Å². The molecular weight excluding hydrogens is 282 g/mol. The summed E-state index contributed by atoms with van der Waals surface area (Å²) in [6.45, 7) is 0.409. The molecule has 18 heavy (non-hydrogen) atoms. The van der Waals surface area contributed by atoms with Gasteiger partial charge in [-0.15, -0.1) is 11.3 Å². The first-order valence-electron chi connectivity index (χ1n) is 4.98. The van der Waals surface area contributed by atoms with Gasteiger partial charge in [0, 0.05) is 11.1 Å². The first-order chi connectivity index (χ1) is 8.61. The first-order valence-corrected chi connectivity index (χ1v) is 6.17. The van der Waals surface area contributed by atoms with Gasteiger partial charge in [-0.1, -0.05) is 11.6 Å². The van der Waals surface area contributed by atoms with Crippen molar-refractivity contribution in [3.8, 4) is 5.75 Å². The molecule has 1 aromatic carbocycles. The van der Waals surface area contributed by atoms with Crippen LogP contribution < -0.4 is 10.1 Å². The van der Waals surface area contributed by atoms with E-state index >= 15 is 0 Å². The topological polar surface area (TPSA) is 34.1 Å². The minimum atomic E-state index is -1.01. The van der Waals surface area contributed by atoms with Crippen LogP contribution in [0.5, 0.6) is 5.75 Å². The molecule has 0 fully saturated rings. The fraction of sp³-hybridized carbons (Fsp3) is 0.182. The molecular formula is C11H9ClF2N2OS. The van der Waals surface area contributed by atoms with Gasteiger partial charge in [0.15, 0.2) is 16.0 Å². The van der Waals surface area contributed by atoms with Gasteiger partial charge >= 0.3 is 0 Å². The summed E-state index contributed by atoms with van der Waals surface area (Å²) in [5, 5.41) is 2.94. The van der Waals surface area contributed by atoms with Crippen molar-refractivity contribution in [1.82, 2.24) is 4.98 Å². The predicted molar refractivity (Wildman–Crippen MR) is 67.4 cm³/mol. The third kappa shape index (κ3) is 2.70. The van der Waals surface area contributed by atoms with Crippen molar-refractivity contribution < 1.29 is 13.5 Å². The van der Waals surface area contributed by atoms with E-state index in [4.69, 9.17) is 16.3 Å². The maximum atomic E-state index is 13.4. The Morgan fingerprint density at radius 1 is 1.44 bits per heavy atom. The van der Waals surface area contributed by atoms with Gasteiger partial charge < -0.3 is 10.1 Å². The zero-order valence-corrected chi connectivity index (χ0v) is 10.9. The number of methoxy groups -OCH3 is 1. The zero-order chi connectivity index (χ0) is 13.1. The number of benzene rings is 1. The lowest BCUT2D eigenvalue weighted by Crippen LogP contribution is -2.02. The number of ether oxygens (including phenoxy) is 1. The van der Waals surface area contributed by atoms with E-state index in [9.17, 15) is 8.78 Å². The molecule has 7 heteroatoms. The van der Waals surface area contributed by atoms with E-state index in [0.29, 0.717) is 16.7 Å². The molecule has 0 bridgehead atoms. The van der Waals surface area contributed by atoms with Crippen molar-refractivity contribution in [3.63, 3.8) is 0 Å². The van der Waals surface area contributed by atoms with E-state index in [-0.39, 0.29) is 5.75 Å². The summed E-state index contributed by atoms with van der Waals surface area (Å²) in [4.78, 5) is 4.76. The molecule has 1 heterocycles. The highest BCUT2D eigenvalue weighted by Crippen LogP contribution is 2.30. The number of thiazole rings is 1. The minimum absolute atomic E-state index is 0.148. The number of hydrogen-bond acceptors (Lipinski definition) is 4. The summed E-state index contributed by atoms with van der Waals surface area (Å²) in [5.74, 6) is -2.10. The molecule has 0 saturated carbocycles. The van der Waals surface area contributed by atoms with Crippen LogP contribution in [0.4, 0.5) is 14.5 Å². The molecule has 0 aliphatic rings. The average Bonchev–Trinajstić information content (AvgIpc) is 2.77. The second-order valence-electron chi connectivity index (χ2n) is 3.38.